The van der Waals surface area contributed by atoms with Crippen LogP contribution in [0.3, 0.4) is 0 Å². The summed E-state index contributed by atoms with van der Waals surface area (Å²) in [4.78, 5) is 25.2. The zero-order chi connectivity index (χ0) is 22.8. The number of carbonyl (C=O) groups is 2. The summed E-state index contributed by atoms with van der Waals surface area (Å²) in [6, 6.07) is 28.9. The van der Waals surface area contributed by atoms with Crippen molar-refractivity contribution in [2.75, 3.05) is 0 Å². The first kappa shape index (κ1) is 22.2. The first-order valence-electron chi connectivity index (χ1n) is 9.99. The monoisotopic (exact) mass is 425 g/mol. The van der Waals surface area contributed by atoms with Gasteiger partial charge in [-0.1, -0.05) is 97.4 Å². The Morgan fingerprint density at radius 1 is 0.844 bits per heavy atom. The molecule has 0 aromatic heterocycles. The van der Waals surface area contributed by atoms with E-state index < -0.39 is 17.9 Å². The molecule has 0 fully saturated rings. The Kier molecular flexibility index (Phi) is 7.66. The molecule has 3 aromatic rings. The topological polar surface area (TPSA) is 90.5 Å². The van der Waals surface area contributed by atoms with Crippen LogP contribution in [0, 0.1) is 12.5 Å². The summed E-state index contributed by atoms with van der Waals surface area (Å²) < 4.78 is 0. The molecule has 0 bridgehead atoms. The lowest BCUT2D eigenvalue weighted by molar-refractivity contribution is -0.141. The summed E-state index contributed by atoms with van der Waals surface area (Å²) in [5.41, 5.74) is 8.30. The van der Waals surface area contributed by atoms with Gasteiger partial charge in [-0.15, -0.1) is 0 Å². The Bertz CT molecular complexity index is 1080. The molecule has 0 heterocycles. The van der Waals surface area contributed by atoms with Crippen molar-refractivity contribution in [1.29, 1.82) is 0 Å². The molecule has 4 N–H and O–H groups in total. The van der Waals surface area contributed by atoms with Gasteiger partial charge in [0.15, 0.2) is 0 Å². The SMILES string of the molecule is C#CNNC(C(=O)N[C@@H](Cc1ccccc1)C(=O)O)=C(c1ccccc1)c1ccccc1. The lowest BCUT2D eigenvalue weighted by Gasteiger charge is -2.20. The van der Waals surface area contributed by atoms with E-state index in [-0.39, 0.29) is 12.1 Å². The molecule has 0 saturated carbocycles. The molecule has 6 nitrogen and oxygen atoms in total. The Morgan fingerprint density at radius 3 is 1.81 bits per heavy atom. The van der Waals surface area contributed by atoms with Gasteiger partial charge >= 0.3 is 5.97 Å². The smallest absolute Gasteiger partial charge is 0.326 e. The average Bonchev–Trinajstić information content (AvgIpc) is 2.83. The fraction of sp³-hybridized carbons (Fsp3) is 0.0769. The maximum Gasteiger partial charge on any atom is 0.326 e. The van der Waals surface area contributed by atoms with Gasteiger partial charge in [-0.05, 0) is 16.7 Å². The molecular formula is C26H23N3O3. The van der Waals surface area contributed by atoms with Crippen molar-refractivity contribution in [3.05, 3.63) is 113 Å². The number of terminal acetylenes is 1. The largest absolute Gasteiger partial charge is 0.480 e. The summed E-state index contributed by atoms with van der Waals surface area (Å²) in [6.45, 7) is 0. The number of carbonyl (C=O) groups excluding carboxylic acids is 1. The second-order valence-electron chi connectivity index (χ2n) is 6.93. The van der Waals surface area contributed by atoms with Crippen molar-refractivity contribution in [2.45, 2.75) is 12.5 Å². The van der Waals surface area contributed by atoms with Crippen LogP contribution in [0.15, 0.2) is 96.7 Å². The van der Waals surface area contributed by atoms with E-state index in [4.69, 9.17) is 6.42 Å². The van der Waals surface area contributed by atoms with Crippen molar-refractivity contribution in [3.63, 3.8) is 0 Å². The third-order valence-electron chi connectivity index (χ3n) is 4.75. The van der Waals surface area contributed by atoms with Crippen LogP contribution in [0.25, 0.3) is 5.57 Å². The molecular weight excluding hydrogens is 402 g/mol. The zero-order valence-corrected chi connectivity index (χ0v) is 17.3. The number of hydrazine groups is 1. The minimum absolute atomic E-state index is 0.111. The number of aliphatic carboxylic acids is 1. The summed E-state index contributed by atoms with van der Waals surface area (Å²) in [5.74, 6) is -1.73. The highest BCUT2D eigenvalue weighted by Gasteiger charge is 2.25. The van der Waals surface area contributed by atoms with Crippen molar-refractivity contribution >= 4 is 17.4 Å². The summed E-state index contributed by atoms with van der Waals surface area (Å²) in [5, 5.41) is 12.3. The highest BCUT2D eigenvalue weighted by molar-refractivity contribution is 6.05. The molecule has 0 spiro atoms. The maximum absolute atomic E-state index is 13.3. The summed E-state index contributed by atoms with van der Waals surface area (Å²) >= 11 is 0. The van der Waals surface area contributed by atoms with Gasteiger partial charge in [-0.3, -0.25) is 15.6 Å². The average molecular weight is 425 g/mol. The summed E-state index contributed by atoms with van der Waals surface area (Å²) in [6.07, 6.45) is 5.48. The van der Waals surface area contributed by atoms with Gasteiger partial charge in [0, 0.05) is 18.0 Å². The van der Waals surface area contributed by atoms with E-state index in [9.17, 15) is 14.7 Å². The molecule has 0 aliphatic heterocycles. The standard InChI is InChI=1S/C26H23N3O3/c1-2-27-29-24(23(20-14-8-4-9-15-20)21-16-10-5-11-17-21)25(30)28-22(26(31)32)18-19-12-6-3-7-13-19/h1,3-17,22,27,29H,18H2,(H,28,30)(H,31,32)/t22-/m0/s1. The number of amides is 1. The van der Waals surface area contributed by atoms with Crippen molar-refractivity contribution in [2.24, 2.45) is 0 Å². The highest BCUT2D eigenvalue weighted by Crippen LogP contribution is 2.26. The number of carboxylic acids is 1. The van der Waals surface area contributed by atoms with E-state index in [1.54, 1.807) is 0 Å². The molecule has 0 aliphatic carbocycles. The Balaban J connectivity index is 2.03. The third kappa shape index (κ3) is 5.77. The molecule has 6 heteroatoms. The van der Waals surface area contributed by atoms with Crippen molar-refractivity contribution < 1.29 is 14.7 Å². The molecule has 32 heavy (non-hydrogen) atoms. The quantitative estimate of drug-likeness (QED) is 0.183. The van der Waals surface area contributed by atoms with Crippen LogP contribution in [0.2, 0.25) is 0 Å². The number of hydrogen-bond acceptors (Lipinski definition) is 4. The van der Waals surface area contributed by atoms with Gasteiger partial charge in [0.1, 0.15) is 11.7 Å². The van der Waals surface area contributed by atoms with Crippen LogP contribution in [0.1, 0.15) is 16.7 Å². The maximum atomic E-state index is 13.3. The van der Waals surface area contributed by atoms with Crippen LogP contribution in [-0.4, -0.2) is 23.0 Å². The van der Waals surface area contributed by atoms with Gasteiger partial charge in [0.25, 0.3) is 5.91 Å². The lowest BCUT2D eigenvalue weighted by Crippen LogP contribution is -2.46. The molecule has 160 valence electrons. The zero-order valence-electron chi connectivity index (χ0n) is 17.3. The van der Waals surface area contributed by atoms with Gasteiger partial charge in [0.05, 0.1) is 0 Å². The van der Waals surface area contributed by atoms with Gasteiger partial charge in [0.2, 0.25) is 0 Å². The predicted molar refractivity (Wildman–Crippen MR) is 124 cm³/mol. The second kappa shape index (κ2) is 11.0. The molecule has 3 rings (SSSR count). The molecule has 0 radical (unpaired) electrons. The molecule has 1 atom stereocenters. The van der Waals surface area contributed by atoms with Crippen molar-refractivity contribution in [3.8, 4) is 12.5 Å². The first-order chi connectivity index (χ1) is 15.6. The van der Waals surface area contributed by atoms with E-state index in [2.05, 4.69) is 22.2 Å². The van der Waals surface area contributed by atoms with Crippen LogP contribution >= 0.6 is 0 Å². The first-order valence-corrected chi connectivity index (χ1v) is 9.99. The van der Waals surface area contributed by atoms with E-state index in [1.807, 2.05) is 91.0 Å². The molecule has 0 saturated heterocycles. The van der Waals surface area contributed by atoms with Gasteiger partial charge in [-0.2, -0.15) is 0 Å². The Labute approximate surface area is 187 Å². The third-order valence-corrected chi connectivity index (χ3v) is 4.75. The molecule has 3 aromatic carbocycles. The number of benzene rings is 3. The number of carboxylic acid groups (broad SMARTS) is 1. The second-order valence-corrected chi connectivity index (χ2v) is 6.93. The molecule has 1 amide bonds. The summed E-state index contributed by atoms with van der Waals surface area (Å²) in [7, 11) is 0. The lowest BCUT2D eigenvalue weighted by atomic mass is 9.95. The fourth-order valence-electron chi connectivity index (χ4n) is 3.28. The Hall–Kier alpha value is -4.50. The molecule has 0 aliphatic rings. The van der Waals surface area contributed by atoms with Crippen LogP contribution in [0.4, 0.5) is 0 Å². The van der Waals surface area contributed by atoms with E-state index in [0.29, 0.717) is 5.57 Å². The predicted octanol–water partition coefficient (Wildman–Crippen LogP) is 2.94. The fourth-order valence-corrected chi connectivity index (χ4v) is 3.28. The normalized spacial score (nSPS) is 10.8. The number of rotatable bonds is 9. The molecule has 0 unspecified atom stereocenters. The highest BCUT2D eigenvalue weighted by atomic mass is 16.4. The minimum Gasteiger partial charge on any atom is -0.480 e. The Morgan fingerprint density at radius 2 is 1.34 bits per heavy atom. The van der Waals surface area contributed by atoms with Crippen molar-refractivity contribution in [1.82, 2.24) is 16.2 Å². The van der Waals surface area contributed by atoms with Gasteiger partial charge < -0.3 is 10.4 Å². The van der Waals surface area contributed by atoms with Gasteiger partial charge in [-0.25, -0.2) is 4.79 Å². The van der Waals surface area contributed by atoms with Crippen LogP contribution < -0.4 is 16.2 Å². The minimum atomic E-state index is -1.13. The van der Waals surface area contributed by atoms with E-state index in [0.717, 1.165) is 16.7 Å². The van der Waals surface area contributed by atoms with E-state index >= 15 is 0 Å². The number of hydrogen-bond donors (Lipinski definition) is 4. The number of nitrogens with one attached hydrogen (secondary N) is 3. The van der Waals surface area contributed by atoms with E-state index in [1.165, 1.54) is 0 Å². The van der Waals surface area contributed by atoms with Crippen LogP contribution in [0.5, 0.6) is 0 Å². The van der Waals surface area contributed by atoms with Crippen LogP contribution in [-0.2, 0) is 16.0 Å².